The van der Waals surface area contributed by atoms with Gasteiger partial charge >= 0.3 is 0 Å². The first-order valence-electron chi connectivity index (χ1n) is 4.82. The van der Waals surface area contributed by atoms with Crippen LogP contribution < -0.4 is 0 Å². The summed E-state index contributed by atoms with van der Waals surface area (Å²) in [4.78, 5) is 0. The minimum absolute atomic E-state index is 0.127. The smallest absolute Gasteiger partial charge is 0.0795 e. The molecule has 1 rings (SSSR count). The third-order valence-corrected chi connectivity index (χ3v) is 2.27. The van der Waals surface area contributed by atoms with Crippen molar-refractivity contribution in [2.45, 2.75) is 33.3 Å². The lowest BCUT2D eigenvalue weighted by Crippen LogP contribution is -2.11. The highest BCUT2D eigenvalue weighted by Gasteiger charge is 2.17. The molecule has 0 fully saturated rings. The summed E-state index contributed by atoms with van der Waals surface area (Å²) in [6.07, 6.45) is 0.321. The van der Waals surface area contributed by atoms with Gasteiger partial charge < -0.3 is 5.11 Å². The first-order chi connectivity index (χ1) is 6.38. The molecule has 0 spiro atoms. The van der Waals surface area contributed by atoms with Crippen molar-refractivity contribution in [2.24, 2.45) is 5.41 Å². The van der Waals surface area contributed by atoms with Crippen LogP contribution in [-0.4, -0.2) is 5.11 Å². The average Bonchev–Trinajstić information content (AvgIpc) is 2.01. The molecule has 0 radical (unpaired) electrons. The Balaban J connectivity index is 2.74. The second kappa shape index (κ2) is 4.33. The first-order valence-corrected chi connectivity index (χ1v) is 5.20. The number of benzene rings is 1. The van der Waals surface area contributed by atoms with Crippen LogP contribution >= 0.6 is 11.6 Å². The van der Waals surface area contributed by atoms with Gasteiger partial charge in [-0.15, -0.1) is 0 Å². The number of rotatable bonds is 2. The number of aliphatic hydroxyl groups excluding tert-OH is 1. The third kappa shape index (κ3) is 3.69. The van der Waals surface area contributed by atoms with Gasteiger partial charge in [0.25, 0.3) is 0 Å². The average molecular weight is 213 g/mol. The zero-order chi connectivity index (χ0) is 10.8. The molecule has 1 aromatic carbocycles. The standard InChI is InChI=1S/C12H17ClO/c1-12(2,3)8-11(14)9-5-4-6-10(13)7-9/h4-7,11,14H,8H2,1-3H3. The Morgan fingerprint density at radius 3 is 2.50 bits per heavy atom. The van der Waals surface area contributed by atoms with Crippen molar-refractivity contribution < 1.29 is 5.11 Å². The Bertz CT molecular complexity index is 301. The van der Waals surface area contributed by atoms with E-state index in [1.165, 1.54) is 0 Å². The molecule has 1 aromatic rings. The summed E-state index contributed by atoms with van der Waals surface area (Å²) in [6.45, 7) is 6.34. The molecular weight excluding hydrogens is 196 g/mol. The van der Waals surface area contributed by atoms with Crippen molar-refractivity contribution in [3.05, 3.63) is 34.9 Å². The van der Waals surface area contributed by atoms with Crippen molar-refractivity contribution in [3.8, 4) is 0 Å². The molecule has 0 saturated heterocycles. The van der Waals surface area contributed by atoms with Crippen LogP contribution in [-0.2, 0) is 0 Å². The fraction of sp³-hybridized carbons (Fsp3) is 0.500. The Morgan fingerprint density at radius 1 is 1.36 bits per heavy atom. The maximum absolute atomic E-state index is 9.92. The highest BCUT2D eigenvalue weighted by atomic mass is 35.5. The zero-order valence-corrected chi connectivity index (χ0v) is 9.67. The number of aliphatic hydroxyl groups is 1. The Hall–Kier alpha value is -0.530. The van der Waals surface area contributed by atoms with Gasteiger partial charge in [-0.2, -0.15) is 0 Å². The fourth-order valence-corrected chi connectivity index (χ4v) is 1.61. The number of hydrogen-bond acceptors (Lipinski definition) is 1. The molecule has 1 unspecified atom stereocenters. The lowest BCUT2D eigenvalue weighted by Gasteiger charge is -2.22. The predicted octanol–water partition coefficient (Wildman–Crippen LogP) is 3.81. The summed E-state index contributed by atoms with van der Waals surface area (Å²) < 4.78 is 0. The fourth-order valence-electron chi connectivity index (χ4n) is 1.41. The monoisotopic (exact) mass is 212 g/mol. The van der Waals surface area contributed by atoms with Gasteiger partial charge in [0.05, 0.1) is 6.10 Å². The van der Waals surface area contributed by atoms with Crippen molar-refractivity contribution in [1.29, 1.82) is 0 Å². The molecular formula is C12H17ClO. The van der Waals surface area contributed by atoms with E-state index in [0.717, 1.165) is 12.0 Å². The minimum atomic E-state index is -0.423. The molecule has 2 heteroatoms. The molecule has 0 aliphatic heterocycles. The van der Waals surface area contributed by atoms with Crippen LogP contribution in [0.15, 0.2) is 24.3 Å². The van der Waals surface area contributed by atoms with E-state index in [4.69, 9.17) is 11.6 Å². The van der Waals surface area contributed by atoms with E-state index in [-0.39, 0.29) is 5.41 Å². The molecule has 0 aliphatic carbocycles. The molecule has 0 heterocycles. The van der Waals surface area contributed by atoms with Crippen LogP contribution in [0, 0.1) is 5.41 Å². The van der Waals surface area contributed by atoms with E-state index in [2.05, 4.69) is 20.8 Å². The lowest BCUT2D eigenvalue weighted by atomic mass is 9.87. The number of hydrogen-bond donors (Lipinski definition) is 1. The normalized spacial score (nSPS) is 14.1. The van der Waals surface area contributed by atoms with E-state index in [1.54, 1.807) is 0 Å². The molecule has 1 atom stereocenters. The van der Waals surface area contributed by atoms with Crippen molar-refractivity contribution in [1.82, 2.24) is 0 Å². The van der Waals surface area contributed by atoms with E-state index in [9.17, 15) is 5.11 Å². The predicted molar refractivity (Wildman–Crippen MR) is 60.5 cm³/mol. The second-order valence-electron chi connectivity index (χ2n) is 4.84. The first kappa shape index (κ1) is 11.5. The van der Waals surface area contributed by atoms with Crippen LogP contribution in [0.5, 0.6) is 0 Å². The van der Waals surface area contributed by atoms with Crippen LogP contribution in [0.25, 0.3) is 0 Å². The molecule has 78 valence electrons. The van der Waals surface area contributed by atoms with Crippen molar-refractivity contribution in [2.75, 3.05) is 0 Å². The summed E-state index contributed by atoms with van der Waals surface area (Å²) >= 11 is 5.85. The van der Waals surface area contributed by atoms with Gasteiger partial charge in [0.1, 0.15) is 0 Å². The van der Waals surface area contributed by atoms with Gasteiger partial charge in [0, 0.05) is 5.02 Å². The van der Waals surface area contributed by atoms with Gasteiger partial charge in [-0.05, 0) is 29.5 Å². The summed E-state index contributed by atoms with van der Waals surface area (Å²) in [5.74, 6) is 0. The summed E-state index contributed by atoms with van der Waals surface area (Å²) in [7, 11) is 0. The van der Waals surface area contributed by atoms with Crippen LogP contribution in [0.1, 0.15) is 38.9 Å². The van der Waals surface area contributed by atoms with E-state index in [1.807, 2.05) is 24.3 Å². The lowest BCUT2D eigenvalue weighted by molar-refractivity contribution is 0.122. The van der Waals surface area contributed by atoms with Crippen molar-refractivity contribution >= 4 is 11.6 Å². The van der Waals surface area contributed by atoms with Gasteiger partial charge in [0.2, 0.25) is 0 Å². The molecule has 0 bridgehead atoms. The van der Waals surface area contributed by atoms with Crippen LogP contribution in [0.3, 0.4) is 0 Å². The summed E-state index contributed by atoms with van der Waals surface area (Å²) in [5, 5.41) is 10.6. The minimum Gasteiger partial charge on any atom is -0.388 e. The van der Waals surface area contributed by atoms with Crippen molar-refractivity contribution in [3.63, 3.8) is 0 Å². The SMILES string of the molecule is CC(C)(C)CC(O)c1cccc(Cl)c1. The maximum atomic E-state index is 9.92. The van der Waals surface area contributed by atoms with Gasteiger partial charge in [-0.1, -0.05) is 44.5 Å². The van der Waals surface area contributed by atoms with E-state index >= 15 is 0 Å². The molecule has 14 heavy (non-hydrogen) atoms. The molecule has 0 saturated carbocycles. The van der Waals surface area contributed by atoms with Crippen LogP contribution in [0.4, 0.5) is 0 Å². The summed E-state index contributed by atoms with van der Waals surface area (Å²) in [6, 6.07) is 7.40. The molecule has 0 aliphatic rings. The molecule has 1 nitrogen and oxygen atoms in total. The molecule has 1 N–H and O–H groups in total. The largest absolute Gasteiger partial charge is 0.388 e. The Morgan fingerprint density at radius 2 is 2.00 bits per heavy atom. The maximum Gasteiger partial charge on any atom is 0.0795 e. The Kier molecular flexibility index (Phi) is 3.57. The van der Waals surface area contributed by atoms with Gasteiger partial charge in [-0.25, -0.2) is 0 Å². The number of halogens is 1. The topological polar surface area (TPSA) is 20.2 Å². The van der Waals surface area contributed by atoms with E-state index < -0.39 is 6.10 Å². The third-order valence-electron chi connectivity index (χ3n) is 2.04. The van der Waals surface area contributed by atoms with Gasteiger partial charge in [0.15, 0.2) is 0 Å². The molecule has 0 amide bonds. The van der Waals surface area contributed by atoms with Crippen LogP contribution in [0.2, 0.25) is 5.02 Å². The second-order valence-corrected chi connectivity index (χ2v) is 5.27. The zero-order valence-electron chi connectivity index (χ0n) is 8.92. The van der Waals surface area contributed by atoms with E-state index in [0.29, 0.717) is 5.02 Å². The molecule has 0 aromatic heterocycles. The summed E-state index contributed by atoms with van der Waals surface area (Å²) in [5.41, 5.74) is 1.02. The van der Waals surface area contributed by atoms with Gasteiger partial charge in [-0.3, -0.25) is 0 Å². The Labute approximate surface area is 90.7 Å². The highest BCUT2D eigenvalue weighted by molar-refractivity contribution is 6.30. The quantitative estimate of drug-likeness (QED) is 0.791. The highest BCUT2D eigenvalue weighted by Crippen LogP contribution is 2.29.